The number of nitrogens with zero attached hydrogens (tertiary/aromatic N) is 3. The van der Waals surface area contributed by atoms with Crippen molar-refractivity contribution in [2.45, 2.75) is 0 Å². The predicted molar refractivity (Wildman–Crippen MR) is 93.0 cm³/mol. The number of hydrogen-bond donors (Lipinski definition) is 0. The third kappa shape index (κ3) is 3.01. The number of aromatic nitrogens is 3. The van der Waals surface area contributed by atoms with Gasteiger partial charge in [0.2, 0.25) is 5.75 Å². The van der Waals surface area contributed by atoms with Crippen molar-refractivity contribution in [1.82, 2.24) is 15.0 Å². The molecule has 0 spiro atoms. The Balaban J connectivity index is 2.13. The summed E-state index contributed by atoms with van der Waals surface area (Å²) in [6.45, 7) is 0. The third-order valence-electron chi connectivity index (χ3n) is 3.89. The van der Waals surface area contributed by atoms with Gasteiger partial charge in [0.25, 0.3) is 0 Å². The first-order chi connectivity index (χ1) is 12.6. The molecule has 136 valence electrons. The van der Waals surface area contributed by atoms with E-state index in [0.29, 0.717) is 34.2 Å². The molecule has 1 heterocycles. The Hall–Kier alpha value is -3.29. The second-order valence-corrected chi connectivity index (χ2v) is 5.26. The van der Waals surface area contributed by atoms with E-state index in [4.69, 9.17) is 18.9 Å². The van der Waals surface area contributed by atoms with Gasteiger partial charge in [-0.25, -0.2) is 9.07 Å². The minimum atomic E-state index is -0.470. The molecular weight excluding hydrogens is 341 g/mol. The van der Waals surface area contributed by atoms with Crippen molar-refractivity contribution in [2.75, 3.05) is 28.4 Å². The summed E-state index contributed by atoms with van der Waals surface area (Å²) >= 11 is 0. The monoisotopic (exact) mass is 359 g/mol. The molecule has 8 heteroatoms. The van der Waals surface area contributed by atoms with E-state index in [9.17, 15) is 4.39 Å². The molecule has 7 nitrogen and oxygen atoms in total. The topological polar surface area (TPSA) is 67.6 Å². The smallest absolute Gasteiger partial charge is 0.203 e. The van der Waals surface area contributed by atoms with Crippen LogP contribution in [-0.4, -0.2) is 43.4 Å². The lowest BCUT2D eigenvalue weighted by Gasteiger charge is -2.15. The van der Waals surface area contributed by atoms with Crippen LogP contribution in [0.3, 0.4) is 0 Å². The molecule has 0 atom stereocenters. The maximum atomic E-state index is 14.1. The number of ether oxygens (including phenoxy) is 4. The van der Waals surface area contributed by atoms with E-state index < -0.39 is 5.82 Å². The van der Waals surface area contributed by atoms with Gasteiger partial charge in [-0.2, -0.15) is 0 Å². The Kier molecular flexibility index (Phi) is 4.92. The summed E-state index contributed by atoms with van der Waals surface area (Å²) in [6.07, 6.45) is 1.55. The number of benzene rings is 2. The number of hydrogen-bond acceptors (Lipinski definition) is 6. The quantitative estimate of drug-likeness (QED) is 0.674. The van der Waals surface area contributed by atoms with Gasteiger partial charge >= 0.3 is 0 Å². The van der Waals surface area contributed by atoms with Gasteiger partial charge < -0.3 is 18.9 Å². The van der Waals surface area contributed by atoms with Gasteiger partial charge in [-0.1, -0.05) is 5.21 Å². The molecule has 0 radical (unpaired) electrons. The SMILES string of the molecule is COc1ccc(-c2cnnn2-c2cc(OC)c(OC)c(OC)c2)cc1F. The van der Waals surface area contributed by atoms with E-state index >= 15 is 0 Å². The van der Waals surface area contributed by atoms with E-state index in [2.05, 4.69) is 10.3 Å². The fourth-order valence-corrected chi connectivity index (χ4v) is 2.64. The zero-order valence-corrected chi connectivity index (χ0v) is 14.8. The molecular formula is C18H18FN3O4. The Bertz CT molecular complexity index is 902. The number of rotatable bonds is 6. The summed E-state index contributed by atoms with van der Waals surface area (Å²) in [5.74, 6) is 1.12. The molecule has 26 heavy (non-hydrogen) atoms. The molecule has 0 unspecified atom stereocenters. The van der Waals surface area contributed by atoms with Crippen molar-refractivity contribution in [3.8, 4) is 39.9 Å². The molecule has 0 amide bonds. The lowest BCUT2D eigenvalue weighted by Crippen LogP contribution is -2.03. The summed E-state index contributed by atoms with van der Waals surface area (Å²) in [4.78, 5) is 0. The Morgan fingerprint density at radius 3 is 2.04 bits per heavy atom. The van der Waals surface area contributed by atoms with Crippen LogP contribution in [-0.2, 0) is 0 Å². The summed E-state index contributed by atoms with van der Waals surface area (Å²) in [5, 5.41) is 8.05. The fraction of sp³-hybridized carbons (Fsp3) is 0.222. The van der Waals surface area contributed by atoms with Crippen LogP contribution >= 0.6 is 0 Å². The second kappa shape index (κ2) is 7.30. The highest BCUT2D eigenvalue weighted by Gasteiger charge is 2.17. The lowest BCUT2D eigenvalue weighted by molar-refractivity contribution is 0.324. The molecule has 0 aliphatic heterocycles. The van der Waals surface area contributed by atoms with Crippen molar-refractivity contribution in [2.24, 2.45) is 0 Å². The van der Waals surface area contributed by atoms with Crippen molar-refractivity contribution in [3.63, 3.8) is 0 Å². The van der Waals surface area contributed by atoms with Crippen LogP contribution in [0.5, 0.6) is 23.0 Å². The highest BCUT2D eigenvalue weighted by atomic mass is 19.1. The van der Waals surface area contributed by atoms with Gasteiger partial charge in [-0.05, 0) is 18.2 Å². The second-order valence-electron chi connectivity index (χ2n) is 5.26. The molecule has 0 bridgehead atoms. The average molecular weight is 359 g/mol. The predicted octanol–water partition coefficient (Wildman–Crippen LogP) is 3.11. The Morgan fingerprint density at radius 1 is 0.846 bits per heavy atom. The zero-order chi connectivity index (χ0) is 18.7. The van der Waals surface area contributed by atoms with E-state index in [0.717, 1.165) is 0 Å². The van der Waals surface area contributed by atoms with Crippen LogP contribution < -0.4 is 18.9 Å². The maximum Gasteiger partial charge on any atom is 0.203 e. The summed E-state index contributed by atoms with van der Waals surface area (Å²) in [6, 6.07) is 8.12. The Morgan fingerprint density at radius 2 is 1.50 bits per heavy atom. The van der Waals surface area contributed by atoms with Crippen molar-refractivity contribution < 1.29 is 23.3 Å². The van der Waals surface area contributed by atoms with Gasteiger partial charge in [0.15, 0.2) is 23.1 Å². The molecule has 0 aliphatic rings. The normalized spacial score (nSPS) is 10.5. The first kappa shape index (κ1) is 17.5. The van der Waals surface area contributed by atoms with E-state index in [1.807, 2.05) is 0 Å². The van der Waals surface area contributed by atoms with Crippen molar-refractivity contribution in [3.05, 3.63) is 42.3 Å². The van der Waals surface area contributed by atoms with Crippen molar-refractivity contribution in [1.29, 1.82) is 0 Å². The van der Waals surface area contributed by atoms with Crippen LogP contribution in [0, 0.1) is 5.82 Å². The standard InChI is InChI=1S/C18H18FN3O4/c1-23-15-6-5-11(7-13(15)19)14-10-20-21-22(14)12-8-16(24-2)18(26-4)17(9-12)25-3/h5-10H,1-4H3. The molecule has 3 aromatic rings. The lowest BCUT2D eigenvalue weighted by atomic mass is 10.1. The van der Waals surface area contributed by atoms with Gasteiger partial charge in [-0.3, -0.25) is 0 Å². The average Bonchev–Trinajstić information content (AvgIpc) is 3.16. The molecule has 0 N–H and O–H groups in total. The molecule has 1 aromatic heterocycles. The first-order valence-corrected chi connectivity index (χ1v) is 7.68. The molecule has 0 saturated carbocycles. The van der Waals surface area contributed by atoms with E-state index in [-0.39, 0.29) is 5.75 Å². The minimum Gasteiger partial charge on any atom is -0.494 e. The minimum absolute atomic E-state index is 0.167. The van der Waals surface area contributed by atoms with Crippen LogP contribution in [0.15, 0.2) is 36.5 Å². The summed E-state index contributed by atoms with van der Waals surface area (Å²) in [5.41, 5.74) is 1.83. The van der Waals surface area contributed by atoms with Gasteiger partial charge in [-0.15, -0.1) is 5.10 Å². The van der Waals surface area contributed by atoms with Crippen LogP contribution in [0.4, 0.5) is 4.39 Å². The van der Waals surface area contributed by atoms with E-state index in [1.165, 1.54) is 34.5 Å². The van der Waals surface area contributed by atoms with E-state index in [1.54, 1.807) is 35.1 Å². The van der Waals surface area contributed by atoms with Crippen LogP contribution in [0.1, 0.15) is 0 Å². The zero-order valence-electron chi connectivity index (χ0n) is 14.8. The van der Waals surface area contributed by atoms with Crippen molar-refractivity contribution >= 4 is 0 Å². The summed E-state index contributed by atoms with van der Waals surface area (Å²) in [7, 11) is 6.01. The number of halogens is 1. The molecule has 0 fully saturated rings. The number of methoxy groups -OCH3 is 4. The molecule has 3 rings (SSSR count). The summed E-state index contributed by atoms with van der Waals surface area (Å²) < 4.78 is 36.7. The van der Waals surface area contributed by atoms with Gasteiger partial charge in [0.1, 0.15) is 0 Å². The highest BCUT2D eigenvalue weighted by molar-refractivity contribution is 5.65. The van der Waals surface area contributed by atoms with Gasteiger partial charge in [0.05, 0.1) is 46.0 Å². The van der Waals surface area contributed by atoms with Crippen LogP contribution in [0.25, 0.3) is 16.9 Å². The molecule has 2 aromatic carbocycles. The van der Waals surface area contributed by atoms with Gasteiger partial charge in [0, 0.05) is 17.7 Å². The maximum absolute atomic E-state index is 14.1. The Labute approximate surface area is 149 Å². The molecule has 0 saturated heterocycles. The first-order valence-electron chi connectivity index (χ1n) is 7.68. The van der Waals surface area contributed by atoms with Crippen LogP contribution in [0.2, 0.25) is 0 Å². The largest absolute Gasteiger partial charge is 0.494 e. The third-order valence-corrected chi connectivity index (χ3v) is 3.89. The fourth-order valence-electron chi connectivity index (χ4n) is 2.64. The highest BCUT2D eigenvalue weighted by Crippen LogP contribution is 2.40. The molecule has 0 aliphatic carbocycles.